The van der Waals surface area contributed by atoms with Gasteiger partial charge in [0.25, 0.3) is 0 Å². The minimum absolute atomic E-state index is 0.419. The topological polar surface area (TPSA) is 44.0 Å². The summed E-state index contributed by atoms with van der Waals surface area (Å²) in [6.07, 6.45) is 4.78. The van der Waals surface area contributed by atoms with Crippen LogP contribution in [0.4, 0.5) is 5.82 Å². The molecule has 5 heteroatoms. The van der Waals surface area contributed by atoms with E-state index in [1.807, 2.05) is 0 Å². The van der Waals surface area contributed by atoms with E-state index in [9.17, 15) is 0 Å². The van der Waals surface area contributed by atoms with Crippen molar-refractivity contribution in [2.75, 3.05) is 18.4 Å². The molecule has 23 heavy (non-hydrogen) atoms. The van der Waals surface area contributed by atoms with Crippen molar-refractivity contribution in [3.05, 3.63) is 51.9 Å². The Bertz CT molecular complexity index is 740. The number of H-pyrrole nitrogens is 1. The Morgan fingerprint density at radius 1 is 1.22 bits per heavy atom. The fourth-order valence-corrected chi connectivity index (χ4v) is 4.03. The minimum Gasteiger partial charge on any atom is -0.369 e. The highest BCUT2D eigenvalue weighted by molar-refractivity contribution is 7.71. The van der Waals surface area contributed by atoms with Crippen molar-refractivity contribution in [1.29, 1.82) is 0 Å². The van der Waals surface area contributed by atoms with Crippen molar-refractivity contribution in [3.63, 3.8) is 0 Å². The van der Waals surface area contributed by atoms with Crippen molar-refractivity contribution in [2.45, 2.75) is 38.3 Å². The molecule has 1 unspecified atom stereocenters. The molecule has 2 N–H and O–H groups in total. The fourth-order valence-electron chi connectivity index (χ4n) is 3.83. The molecule has 1 aromatic carbocycles. The molecule has 0 bridgehead atoms. The van der Waals surface area contributed by atoms with Crippen molar-refractivity contribution < 1.29 is 0 Å². The molecule has 0 spiro atoms. The Morgan fingerprint density at radius 2 is 2.09 bits per heavy atom. The van der Waals surface area contributed by atoms with Crippen LogP contribution in [0, 0.1) is 4.77 Å². The Morgan fingerprint density at radius 3 is 2.96 bits per heavy atom. The molecule has 2 aromatic rings. The third-order valence-corrected chi connectivity index (χ3v) is 5.10. The van der Waals surface area contributed by atoms with Crippen LogP contribution in [0.3, 0.4) is 0 Å². The summed E-state index contributed by atoms with van der Waals surface area (Å²) in [6, 6.07) is 11.2. The Kier molecular flexibility index (Phi) is 4.14. The molecule has 0 aliphatic carbocycles. The number of hydrogen-bond donors (Lipinski definition) is 2. The van der Waals surface area contributed by atoms with E-state index in [2.05, 4.69) is 50.5 Å². The van der Waals surface area contributed by atoms with Gasteiger partial charge in [-0.3, -0.25) is 4.90 Å². The van der Waals surface area contributed by atoms with Gasteiger partial charge in [-0.2, -0.15) is 0 Å². The van der Waals surface area contributed by atoms with Crippen molar-refractivity contribution in [2.24, 2.45) is 0 Å². The first-order chi connectivity index (χ1) is 11.3. The lowest BCUT2D eigenvalue weighted by molar-refractivity contribution is 0.136. The number of hydrogen-bond acceptors (Lipinski definition) is 4. The molecule has 1 aromatic heterocycles. The van der Waals surface area contributed by atoms with E-state index >= 15 is 0 Å². The first-order valence-corrected chi connectivity index (χ1v) is 8.87. The molecule has 2 aliphatic rings. The Labute approximate surface area is 142 Å². The number of aromatic nitrogens is 2. The van der Waals surface area contributed by atoms with Gasteiger partial charge in [-0.1, -0.05) is 36.8 Å². The van der Waals surface area contributed by atoms with E-state index < -0.39 is 0 Å². The summed E-state index contributed by atoms with van der Waals surface area (Å²) in [5.41, 5.74) is 4.01. The van der Waals surface area contributed by atoms with E-state index in [1.54, 1.807) is 0 Å². The second-order valence-corrected chi connectivity index (χ2v) is 6.81. The zero-order valence-corrected chi connectivity index (χ0v) is 14.0. The van der Waals surface area contributed by atoms with Gasteiger partial charge >= 0.3 is 0 Å². The standard InChI is InChI=1S/C18H22N4S/c23-18-20-16(14-9-10-19-17(14)21-18)15-8-4-5-11-22(15)12-13-6-2-1-3-7-13/h1-3,6-7,15H,4-5,8-12H2,(H2,19,20,21,23). The summed E-state index contributed by atoms with van der Waals surface area (Å²) in [5.74, 6) is 0.994. The Balaban J connectivity index is 1.67. The van der Waals surface area contributed by atoms with Gasteiger partial charge in [-0.25, -0.2) is 4.98 Å². The number of aromatic amines is 1. The van der Waals surface area contributed by atoms with Gasteiger partial charge in [0.1, 0.15) is 5.82 Å². The molecule has 4 nitrogen and oxygen atoms in total. The van der Waals surface area contributed by atoms with E-state index in [0.29, 0.717) is 10.8 Å². The summed E-state index contributed by atoms with van der Waals surface area (Å²) in [5, 5.41) is 3.37. The molecule has 2 aliphatic heterocycles. The quantitative estimate of drug-likeness (QED) is 0.841. The van der Waals surface area contributed by atoms with Crippen LogP contribution in [0.15, 0.2) is 30.3 Å². The van der Waals surface area contributed by atoms with Gasteiger partial charge in [0, 0.05) is 24.3 Å². The molecule has 1 fully saturated rings. The molecule has 0 saturated carbocycles. The van der Waals surface area contributed by atoms with Crippen LogP contribution < -0.4 is 5.32 Å². The average molecular weight is 326 g/mol. The van der Waals surface area contributed by atoms with Crippen molar-refractivity contribution in [3.8, 4) is 0 Å². The SMILES string of the molecule is S=c1nc2c(c(C3CCCCN3Cc3ccccc3)[nH]1)CCN2. The predicted molar refractivity (Wildman–Crippen MR) is 95.1 cm³/mol. The lowest BCUT2D eigenvalue weighted by atomic mass is 9.95. The van der Waals surface area contributed by atoms with Gasteiger partial charge in [-0.05, 0) is 43.6 Å². The molecule has 1 saturated heterocycles. The number of benzene rings is 1. The second-order valence-electron chi connectivity index (χ2n) is 6.43. The number of fused-ring (bicyclic) bond motifs is 1. The number of nitrogens with zero attached hydrogens (tertiary/aromatic N) is 2. The number of anilines is 1. The van der Waals surface area contributed by atoms with Crippen molar-refractivity contribution in [1.82, 2.24) is 14.9 Å². The van der Waals surface area contributed by atoms with Crippen LogP contribution in [0.25, 0.3) is 0 Å². The molecular weight excluding hydrogens is 304 g/mol. The molecular formula is C18H22N4S. The maximum Gasteiger partial charge on any atom is 0.199 e. The summed E-state index contributed by atoms with van der Waals surface area (Å²) >= 11 is 5.35. The van der Waals surface area contributed by atoms with E-state index in [1.165, 1.54) is 36.1 Å². The predicted octanol–water partition coefficient (Wildman–Crippen LogP) is 3.83. The summed E-state index contributed by atoms with van der Waals surface area (Å²) in [6.45, 7) is 3.11. The highest BCUT2D eigenvalue weighted by Gasteiger charge is 2.29. The first-order valence-electron chi connectivity index (χ1n) is 8.46. The average Bonchev–Trinajstić information content (AvgIpc) is 3.04. The molecule has 0 amide bonds. The smallest absolute Gasteiger partial charge is 0.199 e. The molecule has 3 heterocycles. The van der Waals surface area contributed by atoms with Crippen LogP contribution in [0.5, 0.6) is 0 Å². The monoisotopic (exact) mass is 326 g/mol. The van der Waals surface area contributed by atoms with Crippen LogP contribution in [0.1, 0.15) is 42.1 Å². The van der Waals surface area contributed by atoms with Gasteiger partial charge in [-0.15, -0.1) is 0 Å². The normalized spacial score (nSPS) is 21.0. The van der Waals surface area contributed by atoms with Crippen LogP contribution >= 0.6 is 12.2 Å². The largest absolute Gasteiger partial charge is 0.369 e. The lowest BCUT2D eigenvalue weighted by Gasteiger charge is -2.36. The molecule has 0 radical (unpaired) electrons. The Hall–Kier alpha value is -1.72. The zero-order valence-electron chi connectivity index (χ0n) is 13.2. The van der Waals surface area contributed by atoms with Crippen LogP contribution in [0.2, 0.25) is 0 Å². The summed E-state index contributed by atoms with van der Waals surface area (Å²) < 4.78 is 0.596. The molecule has 4 rings (SSSR count). The molecule has 1 atom stereocenters. The van der Waals surface area contributed by atoms with E-state index in [4.69, 9.17) is 12.2 Å². The number of rotatable bonds is 3. The van der Waals surface area contributed by atoms with Crippen LogP contribution in [-0.4, -0.2) is 28.0 Å². The maximum absolute atomic E-state index is 5.35. The third-order valence-electron chi connectivity index (χ3n) is 4.91. The highest BCUT2D eigenvalue weighted by Crippen LogP contribution is 2.36. The van der Waals surface area contributed by atoms with Crippen LogP contribution in [-0.2, 0) is 13.0 Å². The number of likely N-dealkylation sites (tertiary alicyclic amines) is 1. The van der Waals surface area contributed by atoms with E-state index in [0.717, 1.165) is 31.9 Å². The fraction of sp³-hybridized carbons (Fsp3) is 0.444. The first kappa shape index (κ1) is 14.8. The maximum atomic E-state index is 5.35. The summed E-state index contributed by atoms with van der Waals surface area (Å²) in [4.78, 5) is 10.5. The van der Waals surface area contributed by atoms with Crippen molar-refractivity contribution >= 4 is 18.0 Å². The van der Waals surface area contributed by atoms with Gasteiger partial charge < -0.3 is 10.3 Å². The lowest BCUT2D eigenvalue weighted by Crippen LogP contribution is -2.34. The second kappa shape index (κ2) is 6.42. The van der Waals surface area contributed by atoms with Gasteiger partial charge in [0.15, 0.2) is 4.77 Å². The van der Waals surface area contributed by atoms with Gasteiger partial charge in [0.2, 0.25) is 0 Å². The van der Waals surface area contributed by atoms with Gasteiger partial charge in [0.05, 0.1) is 6.04 Å². The molecule has 120 valence electrons. The third kappa shape index (κ3) is 3.03. The summed E-state index contributed by atoms with van der Waals surface area (Å²) in [7, 11) is 0. The minimum atomic E-state index is 0.419. The highest BCUT2D eigenvalue weighted by atomic mass is 32.1. The zero-order chi connectivity index (χ0) is 15.6. The van der Waals surface area contributed by atoms with E-state index in [-0.39, 0.29) is 0 Å². The number of nitrogens with one attached hydrogen (secondary N) is 2. The number of piperidine rings is 1.